The van der Waals surface area contributed by atoms with Crippen LogP contribution in [-0.4, -0.2) is 21.8 Å². The summed E-state index contributed by atoms with van der Waals surface area (Å²) in [7, 11) is 0. The first-order chi connectivity index (χ1) is 11.9. The topological polar surface area (TPSA) is 65.2 Å². The maximum absolute atomic E-state index is 9.29. The van der Waals surface area contributed by atoms with Crippen LogP contribution in [0.25, 0.3) is 0 Å². The molecule has 0 amide bonds. The van der Waals surface area contributed by atoms with Crippen molar-refractivity contribution < 1.29 is 10.4 Å². The van der Waals surface area contributed by atoms with Gasteiger partial charge in [0.05, 0.1) is 11.4 Å². The van der Waals surface area contributed by atoms with Gasteiger partial charge >= 0.3 is 0 Å². The summed E-state index contributed by atoms with van der Waals surface area (Å²) < 4.78 is 0. The van der Waals surface area contributed by atoms with E-state index in [2.05, 4.69) is 30.2 Å². The summed E-state index contributed by atoms with van der Waals surface area (Å²) in [5.74, 6) is 2.97. The van der Waals surface area contributed by atoms with Crippen molar-refractivity contribution in [1.82, 2.24) is 0 Å². The van der Waals surface area contributed by atoms with Gasteiger partial charge in [0, 0.05) is 0 Å². The maximum Gasteiger partial charge on any atom is 0.0799 e. The molecule has 6 atom stereocenters. The molecule has 0 spiro atoms. The van der Waals surface area contributed by atoms with Gasteiger partial charge in [0.2, 0.25) is 0 Å². The van der Waals surface area contributed by atoms with Crippen LogP contribution < -0.4 is 0 Å². The molecule has 0 aromatic rings. The first-order valence-electron chi connectivity index (χ1n) is 10.0. The Morgan fingerprint density at radius 2 is 1.92 bits per heavy atom. The summed E-state index contributed by atoms with van der Waals surface area (Å²) in [6, 6.07) is 0. The molecule has 0 unspecified atom stereocenters. The minimum atomic E-state index is 0.188. The zero-order chi connectivity index (χ0) is 17.8. The van der Waals surface area contributed by atoms with Crippen molar-refractivity contribution >= 4 is 11.4 Å². The fraction of sp³-hybridized carbons (Fsp3) is 0.810. The lowest BCUT2D eigenvalue weighted by atomic mass is 9.44. The first kappa shape index (κ1) is 17.1. The predicted octanol–water partition coefficient (Wildman–Crippen LogP) is 5.25. The smallest absolute Gasteiger partial charge is 0.0799 e. The maximum atomic E-state index is 9.29. The highest BCUT2D eigenvalue weighted by atomic mass is 16.4. The second-order valence-corrected chi connectivity index (χ2v) is 9.52. The number of rotatable bonds is 1. The van der Waals surface area contributed by atoms with Crippen molar-refractivity contribution in [2.75, 3.05) is 0 Å². The van der Waals surface area contributed by atoms with Gasteiger partial charge in [-0.3, -0.25) is 0 Å². The van der Waals surface area contributed by atoms with Crippen LogP contribution in [0, 0.1) is 34.5 Å². The van der Waals surface area contributed by atoms with E-state index < -0.39 is 0 Å². The summed E-state index contributed by atoms with van der Waals surface area (Å²) in [5.41, 5.74) is 3.71. The van der Waals surface area contributed by atoms with E-state index in [4.69, 9.17) is 0 Å². The Balaban J connectivity index is 1.61. The number of hydrogen-bond donors (Lipinski definition) is 2. The Labute approximate surface area is 151 Å². The summed E-state index contributed by atoms with van der Waals surface area (Å²) in [6.07, 6.45) is 11.7. The van der Waals surface area contributed by atoms with Crippen molar-refractivity contribution in [2.24, 2.45) is 44.8 Å². The molecule has 25 heavy (non-hydrogen) atoms. The molecule has 0 heterocycles. The molecule has 2 N–H and O–H groups in total. The number of allylic oxidation sites excluding steroid dienone is 2. The molecule has 4 aliphatic rings. The van der Waals surface area contributed by atoms with Crippen LogP contribution in [0.15, 0.2) is 22.0 Å². The number of nitrogens with zero attached hydrogens (tertiary/aromatic N) is 2. The lowest BCUT2D eigenvalue weighted by molar-refractivity contribution is -0.0866. The average Bonchev–Trinajstić information content (AvgIpc) is 2.97. The highest BCUT2D eigenvalue weighted by Crippen LogP contribution is 2.66. The van der Waals surface area contributed by atoms with Crippen LogP contribution in [-0.2, 0) is 0 Å². The van der Waals surface area contributed by atoms with Gasteiger partial charge < -0.3 is 10.4 Å². The molecule has 0 bridgehead atoms. The van der Waals surface area contributed by atoms with Crippen LogP contribution in [0.4, 0.5) is 0 Å². The van der Waals surface area contributed by atoms with Gasteiger partial charge in [-0.1, -0.05) is 30.2 Å². The quantitative estimate of drug-likeness (QED) is 0.388. The van der Waals surface area contributed by atoms with E-state index >= 15 is 0 Å². The fourth-order valence-electron chi connectivity index (χ4n) is 7.33. The molecule has 0 aromatic carbocycles. The molecular formula is C21H32N2O2. The van der Waals surface area contributed by atoms with E-state index in [0.717, 1.165) is 42.5 Å². The van der Waals surface area contributed by atoms with E-state index in [1.165, 1.54) is 37.7 Å². The minimum Gasteiger partial charge on any atom is -0.411 e. The molecule has 0 radical (unpaired) electrons. The third kappa shape index (κ3) is 2.32. The van der Waals surface area contributed by atoms with Crippen LogP contribution in [0.3, 0.4) is 0 Å². The molecule has 0 saturated heterocycles. The van der Waals surface area contributed by atoms with Crippen LogP contribution in [0.2, 0.25) is 0 Å². The molecule has 4 nitrogen and oxygen atoms in total. The van der Waals surface area contributed by atoms with Gasteiger partial charge in [-0.25, -0.2) is 0 Å². The van der Waals surface area contributed by atoms with E-state index in [9.17, 15) is 10.4 Å². The normalized spacial score (nSPS) is 48.5. The summed E-state index contributed by atoms with van der Waals surface area (Å²) in [4.78, 5) is 0. The van der Waals surface area contributed by atoms with Gasteiger partial charge in [0.15, 0.2) is 0 Å². The zero-order valence-electron chi connectivity index (χ0n) is 15.8. The monoisotopic (exact) mass is 344 g/mol. The Bertz CT molecular complexity index is 652. The van der Waals surface area contributed by atoms with Gasteiger partial charge in [0.1, 0.15) is 0 Å². The number of fused-ring (bicyclic) bond motifs is 5. The second kappa shape index (κ2) is 5.85. The third-order valence-corrected chi connectivity index (χ3v) is 8.76. The van der Waals surface area contributed by atoms with Crippen molar-refractivity contribution in [1.29, 1.82) is 0 Å². The summed E-state index contributed by atoms with van der Waals surface area (Å²) in [5, 5.41) is 25.6. The zero-order valence-corrected chi connectivity index (χ0v) is 15.8. The van der Waals surface area contributed by atoms with Crippen LogP contribution in [0.5, 0.6) is 0 Å². The van der Waals surface area contributed by atoms with E-state index in [1.54, 1.807) is 0 Å². The summed E-state index contributed by atoms with van der Waals surface area (Å²) in [6.45, 7) is 6.88. The van der Waals surface area contributed by atoms with Crippen LogP contribution >= 0.6 is 0 Å². The first-order valence-corrected chi connectivity index (χ1v) is 10.0. The SMILES string of the molecule is C/C(=N\O)C1=CC[C@H]2[C@H]3CC[C@H]4C/C(=N/O)CC[C@]4(C)[C@@H]3CC[C@]12C. The van der Waals surface area contributed by atoms with E-state index in [1.807, 2.05) is 6.92 Å². The molecule has 4 rings (SSSR count). The largest absolute Gasteiger partial charge is 0.411 e. The van der Waals surface area contributed by atoms with Crippen LogP contribution in [0.1, 0.15) is 72.1 Å². The average molecular weight is 344 g/mol. The fourth-order valence-corrected chi connectivity index (χ4v) is 7.33. The molecule has 3 saturated carbocycles. The Kier molecular flexibility index (Phi) is 4.01. The van der Waals surface area contributed by atoms with Crippen molar-refractivity contribution in [3.05, 3.63) is 11.6 Å². The Hall–Kier alpha value is -1.32. The second-order valence-electron chi connectivity index (χ2n) is 9.52. The van der Waals surface area contributed by atoms with Gasteiger partial charge in [0.25, 0.3) is 0 Å². The van der Waals surface area contributed by atoms with Crippen molar-refractivity contribution in [2.45, 2.75) is 72.1 Å². The standard InChI is InChI=1S/C21H32N2O2/c1-13(22-24)17-6-7-18-16-5-4-14-12-15(23-25)8-10-20(14,2)19(16)9-11-21(17,18)3/h6,14,16,18-19,24-25H,4-5,7-12H2,1-3H3/b22-13+,23-15+/t14-,16+,18-,19+,20-,21+/m0/s1. The van der Waals surface area contributed by atoms with E-state index in [-0.39, 0.29) is 5.41 Å². The molecule has 138 valence electrons. The molecule has 4 aliphatic carbocycles. The van der Waals surface area contributed by atoms with Gasteiger partial charge in [-0.15, -0.1) is 0 Å². The summed E-state index contributed by atoms with van der Waals surface area (Å²) >= 11 is 0. The lowest BCUT2D eigenvalue weighted by Crippen LogP contribution is -2.53. The highest BCUT2D eigenvalue weighted by molar-refractivity contribution is 5.99. The predicted molar refractivity (Wildman–Crippen MR) is 99.3 cm³/mol. The molecule has 3 fully saturated rings. The third-order valence-electron chi connectivity index (χ3n) is 8.76. The molecule has 0 aromatic heterocycles. The van der Waals surface area contributed by atoms with Gasteiger partial charge in [-0.05, 0) is 98.4 Å². The number of hydrogen-bond acceptors (Lipinski definition) is 4. The van der Waals surface area contributed by atoms with Crippen molar-refractivity contribution in [3.8, 4) is 0 Å². The van der Waals surface area contributed by atoms with E-state index in [0.29, 0.717) is 17.3 Å². The molecule has 4 heteroatoms. The number of oxime groups is 2. The minimum absolute atomic E-state index is 0.188. The molecule has 0 aliphatic heterocycles. The van der Waals surface area contributed by atoms with Crippen molar-refractivity contribution in [3.63, 3.8) is 0 Å². The Morgan fingerprint density at radius 3 is 2.64 bits per heavy atom. The lowest BCUT2D eigenvalue weighted by Gasteiger charge is -2.60. The highest BCUT2D eigenvalue weighted by Gasteiger charge is 2.58. The van der Waals surface area contributed by atoms with Gasteiger partial charge in [-0.2, -0.15) is 0 Å². The Morgan fingerprint density at radius 1 is 1.12 bits per heavy atom. The molecular weight excluding hydrogens is 312 g/mol.